The number of sulfonamides is 1. The molecule has 2 aromatic carbocycles. The van der Waals surface area contributed by atoms with Crippen LogP contribution in [0.3, 0.4) is 0 Å². The number of carbonyl (C=O) groups excluding carboxylic acids is 1. The molecule has 0 spiro atoms. The minimum atomic E-state index is -3.76. The predicted octanol–water partition coefficient (Wildman–Crippen LogP) is 1.13. The van der Waals surface area contributed by atoms with Crippen molar-refractivity contribution in [3.05, 3.63) is 48.5 Å². The molecule has 10 heteroatoms. The zero-order valence-electron chi connectivity index (χ0n) is 14.9. The predicted molar refractivity (Wildman–Crippen MR) is 99.1 cm³/mol. The Morgan fingerprint density at radius 3 is 2.50 bits per heavy atom. The maximum absolute atomic E-state index is 13.0. The monoisotopic (exact) mass is 402 g/mol. The molecule has 1 saturated heterocycles. The van der Waals surface area contributed by atoms with Crippen LogP contribution in [0.25, 0.3) is 11.0 Å². The van der Waals surface area contributed by atoms with Crippen LogP contribution < -0.4 is 4.74 Å². The number of amides is 1. The first-order chi connectivity index (χ1) is 13.6. The summed E-state index contributed by atoms with van der Waals surface area (Å²) in [5.74, 6) is 0.440. The Labute approximate surface area is 161 Å². The van der Waals surface area contributed by atoms with Gasteiger partial charge in [-0.1, -0.05) is 24.3 Å². The molecule has 146 valence electrons. The third-order valence-electron chi connectivity index (χ3n) is 4.56. The third-order valence-corrected chi connectivity index (χ3v) is 6.49. The fourth-order valence-corrected chi connectivity index (χ4v) is 4.62. The van der Waals surface area contributed by atoms with Crippen LogP contribution >= 0.6 is 0 Å². The number of piperazine rings is 1. The standard InChI is InChI=1S/C18H18N4O5S/c23-17(13-26-14-5-2-1-3-6-14)21-9-11-22(12-10-21)28(24,25)16-8-4-7-15-18(16)20-27-19-15/h1-8H,9-13H2. The molecule has 1 aromatic heterocycles. The highest BCUT2D eigenvalue weighted by Gasteiger charge is 2.32. The lowest BCUT2D eigenvalue weighted by Crippen LogP contribution is -2.51. The van der Waals surface area contributed by atoms with Gasteiger partial charge < -0.3 is 9.64 Å². The molecule has 9 nitrogen and oxygen atoms in total. The largest absolute Gasteiger partial charge is 0.484 e. The summed E-state index contributed by atoms with van der Waals surface area (Å²) in [5, 5.41) is 7.39. The average Bonchev–Trinajstić information content (AvgIpc) is 3.21. The Morgan fingerprint density at radius 1 is 1.00 bits per heavy atom. The maximum atomic E-state index is 13.0. The van der Waals surface area contributed by atoms with Gasteiger partial charge in [-0.2, -0.15) is 4.31 Å². The van der Waals surface area contributed by atoms with E-state index < -0.39 is 10.0 Å². The van der Waals surface area contributed by atoms with Gasteiger partial charge in [0.25, 0.3) is 5.91 Å². The summed E-state index contributed by atoms with van der Waals surface area (Å²) < 4.78 is 37.4. The van der Waals surface area contributed by atoms with E-state index in [2.05, 4.69) is 14.9 Å². The molecular formula is C18H18N4O5S. The normalized spacial score (nSPS) is 15.6. The molecule has 3 aromatic rings. The highest BCUT2D eigenvalue weighted by atomic mass is 32.2. The number of ether oxygens (including phenoxy) is 1. The van der Waals surface area contributed by atoms with Gasteiger partial charge in [0, 0.05) is 26.2 Å². The molecule has 2 heterocycles. The van der Waals surface area contributed by atoms with Crippen molar-refractivity contribution in [2.45, 2.75) is 4.90 Å². The molecule has 0 saturated carbocycles. The Kier molecular flexibility index (Phi) is 4.97. The Balaban J connectivity index is 1.39. The lowest BCUT2D eigenvalue weighted by atomic mass is 10.3. The van der Waals surface area contributed by atoms with Gasteiger partial charge in [-0.05, 0) is 34.6 Å². The van der Waals surface area contributed by atoms with E-state index in [-0.39, 0.29) is 36.0 Å². The molecule has 1 amide bonds. The molecule has 0 atom stereocenters. The Hall–Kier alpha value is -2.98. The quantitative estimate of drug-likeness (QED) is 0.630. The fraction of sp³-hybridized carbons (Fsp3) is 0.278. The van der Waals surface area contributed by atoms with E-state index in [1.165, 1.54) is 10.4 Å². The van der Waals surface area contributed by atoms with Crippen LogP contribution in [0.2, 0.25) is 0 Å². The number of para-hydroxylation sites is 1. The molecular weight excluding hydrogens is 384 g/mol. The Morgan fingerprint density at radius 2 is 1.75 bits per heavy atom. The maximum Gasteiger partial charge on any atom is 0.260 e. The second-order valence-electron chi connectivity index (χ2n) is 6.27. The molecule has 4 rings (SSSR count). The van der Waals surface area contributed by atoms with Gasteiger partial charge in [-0.3, -0.25) is 4.79 Å². The second kappa shape index (κ2) is 7.56. The van der Waals surface area contributed by atoms with Gasteiger partial charge >= 0.3 is 0 Å². The molecule has 1 aliphatic heterocycles. The highest BCUT2D eigenvalue weighted by Crippen LogP contribution is 2.24. The Bertz CT molecular complexity index is 1080. The summed E-state index contributed by atoms with van der Waals surface area (Å²) >= 11 is 0. The van der Waals surface area contributed by atoms with Crippen LogP contribution in [0.5, 0.6) is 5.75 Å². The molecule has 0 unspecified atom stereocenters. The molecule has 0 radical (unpaired) electrons. The molecule has 0 aliphatic carbocycles. The summed E-state index contributed by atoms with van der Waals surface area (Å²) in [7, 11) is -3.76. The first-order valence-corrected chi connectivity index (χ1v) is 10.2. The topological polar surface area (TPSA) is 106 Å². The lowest BCUT2D eigenvalue weighted by molar-refractivity contribution is -0.134. The van der Waals surface area contributed by atoms with Gasteiger partial charge in [-0.15, -0.1) is 0 Å². The summed E-state index contributed by atoms with van der Waals surface area (Å²) in [5.41, 5.74) is 0.588. The van der Waals surface area contributed by atoms with E-state index >= 15 is 0 Å². The number of carbonyl (C=O) groups is 1. The van der Waals surface area contributed by atoms with Crippen molar-refractivity contribution in [3.8, 4) is 5.75 Å². The molecule has 0 bridgehead atoms. The van der Waals surface area contributed by atoms with E-state index in [1.807, 2.05) is 18.2 Å². The van der Waals surface area contributed by atoms with E-state index in [4.69, 9.17) is 4.74 Å². The van der Waals surface area contributed by atoms with Crippen molar-refractivity contribution in [1.82, 2.24) is 19.5 Å². The summed E-state index contributed by atoms with van der Waals surface area (Å²) in [6.07, 6.45) is 0. The van der Waals surface area contributed by atoms with Crippen LogP contribution in [0.15, 0.2) is 58.1 Å². The second-order valence-corrected chi connectivity index (χ2v) is 8.18. The number of hydrogen-bond acceptors (Lipinski definition) is 7. The van der Waals surface area contributed by atoms with Crippen molar-refractivity contribution in [1.29, 1.82) is 0 Å². The minimum absolute atomic E-state index is 0.0541. The third kappa shape index (κ3) is 3.56. The lowest BCUT2D eigenvalue weighted by Gasteiger charge is -2.33. The smallest absolute Gasteiger partial charge is 0.260 e. The SMILES string of the molecule is O=C(COc1ccccc1)N1CCN(S(=O)(=O)c2cccc3nonc23)CC1. The highest BCUT2D eigenvalue weighted by molar-refractivity contribution is 7.89. The zero-order chi connectivity index (χ0) is 19.6. The first kappa shape index (κ1) is 18.4. The summed E-state index contributed by atoms with van der Waals surface area (Å²) in [4.78, 5) is 14.0. The van der Waals surface area contributed by atoms with E-state index in [0.717, 1.165) is 0 Å². The first-order valence-electron chi connectivity index (χ1n) is 8.73. The van der Waals surface area contributed by atoms with Gasteiger partial charge in [-0.25, -0.2) is 13.0 Å². The summed E-state index contributed by atoms with van der Waals surface area (Å²) in [6, 6.07) is 13.8. The van der Waals surface area contributed by atoms with Crippen molar-refractivity contribution in [3.63, 3.8) is 0 Å². The van der Waals surface area contributed by atoms with Crippen LogP contribution in [0.4, 0.5) is 0 Å². The number of aromatic nitrogens is 2. The van der Waals surface area contributed by atoms with Crippen molar-refractivity contribution in [2.75, 3.05) is 32.8 Å². The van der Waals surface area contributed by atoms with Gasteiger partial charge in [0.2, 0.25) is 10.0 Å². The van der Waals surface area contributed by atoms with E-state index in [1.54, 1.807) is 29.2 Å². The number of benzene rings is 2. The van der Waals surface area contributed by atoms with Crippen molar-refractivity contribution in [2.24, 2.45) is 0 Å². The number of rotatable bonds is 5. The molecule has 1 aliphatic rings. The van der Waals surface area contributed by atoms with Gasteiger partial charge in [0.15, 0.2) is 12.1 Å². The number of fused-ring (bicyclic) bond motifs is 1. The summed E-state index contributed by atoms with van der Waals surface area (Å²) in [6.45, 7) is 0.898. The van der Waals surface area contributed by atoms with E-state index in [9.17, 15) is 13.2 Å². The van der Waals surface area contributed by atoms with Crippen LogP contribution in [0, 0.1) is 0 Å². The van der Waals surface area contributed by atoms with Gasteiger partial charge in [0.05, 0.1) is 0 Å². The number of nitrogens with zero attached hydrogens (tertiary/aromatic N) is 4. The van der Waals surface area contributed by atoms with Crippen LogP contribution in [-0.4, -0.2) is 66.6 Å². The fourth-order valence-electron chi connectivity index (χ4n) is 3.06. The van der Waals surface area contributed by atoms with Gasteiger partial charge in [0.1, 0.15) is 16.2 Å². The minimum Gasteiger partial charge on any atom is -0.484 e. The van der Waals surface area contributed by atoms with Crippen molar-refractivity contribution >= 4 is 27.0 Å². The molecule has 1 fully saturated rings. The molecule has 0 N–H and O–H groups in total. The zero-order valence-corrected chi connectivity index (χ0v) is 15.7. The average molecular weight is 402 g/mol. The van der Waals surface area contributed by atoms with E-state index in [0.29, 0.717) is 24.4 Å². The van der Waals surface area contributed by atoms with Crippen LogP contribution in [-0.2, 0) is 14.8 Å². The van der Waals surface area contributed by atoms with Crippen LogP contribution in [0.1, 0.15) is 0 Å². The van der Waals surface area contributed by atoms with Crippen molar-refractivity contribution < 1.29 is 22.6 Å². The number of hydrogen-bond donors (Lipinski definition) is 0. The molecule has 28 heavy (non-hydrogen) atoms.